The third kappa shape index (κ3) is 5.29. The third-order valence-electron chi connectivity index (χ3n) is 7.59. The predicted octanol–water partition coefficient (Wildman–Crippen LogP) is 6.66. The Morgan fingerprint density at radius 3 is 2.66 bits per heavy atom. The van der Waals surface area contributed by atoms with Crippen molar-refractivity contribution in [2.24, 2.45) is 5.92 Å². The fourth-order valence-electron chi connectivity index (χ4n) is 5.46. The Kier molecular flexibility index (Phi) is 7.49. The number of carbonyl (C=O) groups excluding carboxylic acids is 1. The summed E-state index contributed by atoms with van der Waals surface area (Å²) in [4.78, 5) is 14.8. The van der Waals surface area contributed by atoms with E-state index in [1.165, 1.54) is 23.3 Å². The molecule has 35 heavy (non-hydrogen) atoms. The first-order valence-corrected chi connectivity index (χ1v) is 13.7. The summed E-state index contributed by atoms with van der Waals surface area (Å²) in [5.41, 5.74) is 2.62. The number of hydrogen-bond donors (Lipinski definition) is 1. The van der Waals surface area contributed by atoms with Crippen molar-refractivity contribution in [1.29, 1.82) is 0 Å². The molecule has 2 aliphatic carbocycles. The lowest BCUT2D eigenvalue weighted by Crippen LogP contribution is -2.45. The number of aromatic nitrogens is 1. The number of esters is 1. The lowest BCUT2D eigenvalue weighted by molar-refractivity contribution is -0.162. The fraction of sp³-hybridized carbons (Fsp3) is 0.448. The van der Waals surface area contributed by atoms with Crippen molar-refractivity contribution in [2.75, 3.05) is 6.54 Å². The number of nitrogens with one attached hydrogen (secondary N) is 1. The van der Waals surface area contributed by atoms with Gasteiger partial charge in [0, 0.05) is 35.4 Å². The maximum absolute atomic E-state index is 13.6. The summed E-state index contributed by atoms with van der Waals surface area (Å²) in [5.74, 6) is 0.975. The molecule has 3 aromatic rings. The van der Waals surface area contributed by atoms with Crippen LogP contribution in [0.1, 0.15) is 61.9 Å². The van der Waals surface area contributed by atoms with Gasteiger partial charge in [-0.15, -0.1) is 11.3 Å². The zero-order chi connectivity index (χ0) is 24.1. The molecule has 1 N–H and O–H groups in total. The van der Waals surface area contributed by atoms with E-state index in [1.807, 2.05) is 36.4 Å². The molecule has 2 fully saturated rings. The molecule has 0 saturated heterocycles. The Labute approximate surface area is 211 Å². The lowest BCUT2D eigenvalue weighted by atomic mass is 9.74. The molecule has 2 atom stereocenters. The van der Waals surface area contributed by atoms with Gasteiger partial charge in [-0.2, -0.15) is 0 Å². The number of nitrogens with zero attached hydrogens (tertiary/aromatic N) is 1. The number of rotatable bonds is 9. The number of thiophene rings is 1. The summed E-state index contributed by atoms with van der Waals surface area (Å²) in [7, 11) is 0. The number of carbonyl (C=O) groups is 1. The van der Waals surface area contributed by atoms with Gasteiger partial charge in [0.2, 0.25) is 0 Å². The summed E-state index contributed by atoms with van der Waals surface area (Å²) < 4.78 is 11.7. The van der Waals surface area contributed by atoms with Crippen molar-refractivity contribution < 1.29 is 14.1 Å². The Morgan fingerprint density at radius 2 is 1.94 bits per heavy atom. The van der Waals surface area contributed by atoms with E-state index in [9.17, 15) is 4.79 Å². The Bertz CT molecular complexity index is 1110. The SMILES string of the molecule is C=C1CC(OC(=O)C2(c3cccs3)CCCCCC2)C1CCNCc1cc(-c2ccccc2)on1. The molecule has 0 spiro atoms. The second kappa shape index (κ2) is 10.9. The molecule has 2 heterocycles. The normalized spacial score (nSPS) is 21.8. The second-order valence-electron chi connectivity index (χ2n) is 9.90. The van der Waals surface area contributed by atoms with E-state index in [1.54, 1.807) is 11.3 Å². The van der Waals surface area contributed by atoms with Gasteiger partial charge in [0.1, 0.15) is 11.5 Å². The average Bonchev–Trinajstić information content (AvgIpc) is 3.53. The zero-order valence-corrected chi connectivity index (χ0v) is 21.0. The van der Waals surface area contributed by atoms with Gasteiger partial charge >= 0.3 is 5.97 Å². The van der Waals surface area contributed by atoms with Crippen LogP contribution in [0.25, 0.3) is 11.3 Å². The molecule has 0 aliphatic heterocycles. The Balaban J connectivity index is 1.14. The molecular formula is C29H34N2O3S. The monoisotopic (exact) mass is 490 g/mol. The summed E-state index contributed by atoms with van der Waals surface area (Å²) in [5, 5.41) is 9.72. The van der Waals surface area contributed by atoms with Gasteiger partial charge in [-0.1, -0.05) is 79.4 Å². The molecule has 0 bridgehead atoms. The quantitative estimate of drug-likeness (QED) is 0.157. The van der Waals surface area contributed by atoms with Crippen molar-refractivity contribution in [3.63, 3.8) is 0 Å². The number of hydrogen-bond acceptors (Lipinski definition) is 6. The van der Waals surface area contributed by atoms with E-state index in [-0.39, 0.29) is 18.0 Å². The highest BCUT2D eigenvalue weighted by atomic mass is 32.1. The minimum atomic E-state index is -0.464. The topological polar surface area (TPSA) is 64.4 Å². The Morgan fingerprint density at radius 1 is 1.14 bits per heavy atom. The van der Waals surface area contributed by atoms with Crippen LogP contribution in [0.2, 0.25) is 0 Å². The van der Waals surface area contributed by atoms with Gasteiger partial charge < -0.3 is 14.6 Å². The van der Waals surface area contributed by atoms with Gasteiger partial charge in [-0.25, -0.2) is 0 Å². The molecule has 0 radical (unpaired) electrons. The summed E-state index contributed by atoms with van der Waals surface area (Å²) >= 11 is 1.69. The molecule has 0 amide bonds. The van der Waals surface area contributed by atoms with Crippen molar-refractivity contribution in [3.05, 3.63) is 76.6 Å². The van der Waals surface area contributed by atoms with Crippen molar-refractivity contribution in [3.8, 4) is 11.3 Å². The van der Waals surface area contributed by atoms with E-state index in [4.69, 9.17) is 9.26 Å². The maximum atomic E-state index is 13.6. The first kappa shape index (κ1) is 24.0. The molecule has 184 valence electrons. The standard InChI is InChI=1S/C29H34N2O3S/c1-21-18-26(33-28(32)29(27-12-9-17-35-27)14-7-2-3-8-15-29)24(21)13-16-30-20-23-19-25(34-31-23)22-10-5-4-6-11-22/h4-6,9-12,17,19,24,26,30H,1-3,7-8,13-16,18,20H2. The smallest absolute Gasteiger partial charge is 0.317 e. The minimum Gasteiger partial charge on any atom is -0.461 e. The largest absolute Gasteiger partial charge is 0.461 e. The molecule has 2 saturated carbocycles. The van der Waals surface area contributed by atoms with Crippen LogP contribution in [-0.2, 0) is 21.5 Å². The summed E-state index contributed by atoms with van der Waals surface area (Å²) in [6, 6.07) is 16.1. The number of benzene rings is 1. The third-order valence-corrected chi connectivity index (χ3v) is 8.67. The summed E-state index contributed by atoms with van der Waals surface area (Å²) in [6.07, 6.45) is 7.99. The van der Waals surface area contributed by atoms with E-state index >= 15 is 0 Å². The molecular weight excluding hydrogens is 456 g/mol. The van der Waals surface area contributed by atoms with Crippen LogP contribution in [0, 0.1) is 5.92 Å². The maximum Gasteiger partial charge on any atom is 0.317 e. The van der Waals surface area contributed by atoms with Crippen LogP contribution in [0.5, 0.6) is 0 Å². The highest BCUT2D eigenvalue weighted by Crippen LogP contribution is 2.44. The Hall–Kier alpha value is -2.70. The zero-order valence-electron chi connectivity index (χ0n) is 20.2. The molecule has 2 unspecified atom stereocenters. The van der Waals surface area contributed by atoms with Crippen molar-refractivity contribution in [2.45, 2.75) is 69.4 Å². The van der Waals surface area contributed by atoms with Gasteiger partial charge in [0.15, 0.2) is 5.76 Å². The van der Waals surface area contributed by atoms with Gasteiger partial charge in [-0.05, 0) is 37.3 Å². The van der Waals surface area contributed by atoms with Crippen LogP contribution >= 0.6 is 11.3 Å². The molecule has 2 aliphatic rings. The van der Waals surface area contributed by atoms with Crippen LogP contribution in [0.15, 0.2) is 70.6 Å². The second-order valence-corrected chi connectivity index (χ2v) is 10.8. The minimum absolute atomic E-state index is 0.0200. The summed E-state index contributed by atoms with van der Waals surface area (Å²) in [6.45, 7) is 5.67. The fourth-order valence-corrected chi connectivity index (χ4v) is 6.43. The van der Waals surface area contributed by atoms with Crippen LogP contribution in [0.3, 0.4) is 0 Å². The van der Waals surface area contributed by atoms with E-state index in [0.29, 0.717) is 6.54 Å². The molecule has 6 heteroatoms. The van der Waals surface area contributed by atoms with Crippen LogP contribution in [-0.4, -0.2) is 23.8 Å². The number of ether oxygens (including phenoxy) is 1. The highest BCUT2D eigenvalue weighted by Gasteiger charge is 2.46. The first-order valence-electron chi connectivity index (χ1n) is 12.8. The van der Waals surface area contributed by atoms with Gasteiger partial charge in [0.25, 0.3) is 0 Å². The van der Waals surface area contributed by atoms with Crippen LogP contribution < -0.4 is 5.32 Å². The molecule has 5 rings (SSSR count). The van der Waals surface area contributed by atoms with Crippen molar-refractivity contribution in [1.82, 2.24) is 10.5 Å². The van der Waals surface area contributed by atoms with Gasteiger partial charge in [-0.3, -0.25) is 4.79 Å². The highest BCUT2D eigenvalue weighted by molar-refractivity contribution is 7.10. The molecule has 1 aromatic carbocycles. The van der Waals surface area contributed by atoms with Gasteiger partial charge in [0.05, 0.1) is 5.69 Å². The lowest BCUT2D eigenvalue weighted by Gasteiger charge is -2.41. The molecule has 2 aromatic heterocycles. The van der Waals surface area contributed by atoms with E-state index in [0.717, 1.165) is 62.1 Å². The van der Waals surface area contributed by atoms with E-state index < -0.39 is 5.41 Å². The first-order chi connectivity index (χ1) is 17.2. The molecule has 5 nitrogen and oxygen atoms in total. The van der Waals surface area contributed by atoms with Crippen molar-refractivity contribution >= 4 is 17.3 Å². The van der Waals surface area contributed by atoms with Crippen LogP contribution in [0.4, 0.5) is 0 Å². The average molecular weight is 491 g/mol. The van der Waals surface area contributed by atoms with E-state index in [2.05, 4.69) is 34.6 Å². The predicted molar refractivity (Wildman–Crippen MR) is 139 cm³/mol.